The molecule has 3 aliphatic rings. The van der Waals surface area contributed by atoms with E-state index in [1.165, 1.54) is 28.6 Å². The molecule has 0 atom stereocenters. The van der Waals surface area contributed by atoms with Crippen LogP contribution in [0.3, 0.4) is 0 Å². The number of carbonyl (C=O) groups is 2. The smallest absolute Gasteiger partial charge is 0.243 e. The van der Waals surface area contributed by atoms with Crippen molar-refractivity contribution in [3.8, 4) is 0 Å². The highest BCUT2D eigenvalue weighted by atomic mass is 35.5. The molecule has 5 rings (SSSR count). The first-order valence-electron chi connectivity index (χ1n) is 11.9. The van der Waals surface area contributed by atoms with Crippen molar-refractivity contribution in [3.05, 3.63) is 57.8 Å². The number of sulfonamides is 1. The van der Waals surface area contributed by atoms with Crippen LogP contribution in [0.4, 0.5) is 10.1 Å². The maximum atomic E-state index is 14.1. The van der Waals surface area contributed by atoms with Crippen LogP contribution in [0.15, 0.2) is 41.3 Å². The predicted octanol–water partition coefficient (Wildman–Crippen LogP) is 4.46. The molecular formula is C25H26Cl2FN3O4S. The number of rotatable bonds is 5. The molecule has 1 spiro atoms. The van der Waals surface area contributed by atoms with Crippen molar-refractivity contribution < 1.29 is 22.4 Å². The standard InChI is InChI=1S/C25H26Cl2FN3O4S/c26-19-4-3-5-21(28)18(19)16-29-10-12-30(13-11-29)36(34,35)17-6-7-22(20(27)14-17)31-23(32)15-25(24(31)33)8-1-2-9-25/h3-7,14H,1-2,8-13,15-16H2. The summed E-state index contributed by atoms with van der Waals surface area (Å²) >= 11 is 12.6. The summed E-state index contributed by atoms with van der Waals surface area (Å²) in [6.07, 6.45) is 3.38. The summed E-state index contributed by atoms with van der Waals surface area (Å²) < 4.78 is 42.1. The Bertz CT molecular complexity index is 1300. The summed E-state index contributed by atoms with van der Waals surface area (Å²) in [6, 6.07) is 8.66. The molecule has 2 aliphatic heterocycles. The zero-order chi connectivity index (χ0) is 25.7. The first kappa shape index (κ1) is 25.6. The summed E-state index contributed by atoms with van der Waals surface area (Å²) in [7, 11) is -3.85. The summed E-state index contributed by atoms with van der Waals surface area (Å²) in [5.74, 6) is -0.930. The predicted molar refractivity (Wildman–Crippen MR) is 135 cm³/mol. The Kier molecular flexibility index (Phi) is 6.89. The molecule has 0 N–H and O–H groups in total. The quantitative estimate of drug-likeness (QED) is 0.510. The Labute approximate surface area is 219 Å². The third-order valence-corrected chi connectivity index (χ3v) is 10.1. The highest BCUT2D eigenvalue weighted by Gasteiger charge is 2.53. The van der Waals surface area contributed by atoms with E-state index in [2.05, 4.69) is 0 Å². The Balaban J connectivity index is 1.29. The largest absolute Gasteiger partial charge is 0.296 e. The summed E-state index contributed by atoms with van der Waals surface area (Å²) in [5.41, 5.74) is -0.0261. The molecule has 3 fully saturated rings. The monoisotopic (exact) mass is 553 g/mol. The van der Waals surface area contributed by atoms with E-state index in [4.69, 9.17) is 23.2 Å². The SMILES string of the molecule is O=C1CC2(CCCC2)C(=O)N1c1ccc(S(=O)(=O)N2CCN(Cc3c(F)cccc3Cl)CC2)cc1Cl. The van der Waals surface area contributed by atoms with Gasteiger partial charge in [0.2, 0.25) is 21.8 Å². The fraction of sp³-hybridized carbons (Fsp3) is 0.440. The fourth-order valence-corrected chi connectivity index (χ4v) is 7.50. The number of halogens is 3. The lowest BCUT2D eigenvalue weighted by Crippen LogP contribution is -2.48. The van der Waals surface area contributed by atoms with Crippen LogP contribution in [0.5, 0.6) is 0 Å². The topological polar surface area (TPSA) is 78.0 Å². The second-order valence-corrected chi connectivity index (χ2v) is 12.4. The summed E-state index contributed by atoms with van der Waals surface area (Å²) in [5, 5.41) is 0.384. The van der Waals surface area contributed by atoms with Crippen LogP contribution < -0.4 is 4.90 Å². The molecular weight excluding hydrogens is 528 g/mol. The lowest BCUT2D eigenvalue weighted by molar-refractivity contribution is -0.125. The van der Waals surface area contributed by atoms with Gasteiger partial charge in [0.05, 0.1) is 21.0 Å². The number of benzene rings is 2. The number of anilines is 1. The van der Waals surface area contributed by atoms with Gasteiger partial charge in [-0.15, -0.1) is 0 Å². The van der Waals surface area contributed by atoms with Crippen molar-refractivity contribution in [2.45, 2.75) is 43.5 Å². The van der Waals surface area contributed by atoms with Crippen LogP contribution in [0, 0.1) is 11.2 Å². The van der Waals surface area contributed by atoms with Crippen molar-refractivity contribution in [1.29, 1.82) is 0 Å². The first-order chi connectivity index (χ1) is 17.1. The maximum absolute atomic E-state index is 14.1. The molecule has 11 heteroatoms. The van der Waals surface area contributed by atoms with E-state index >= 15 is 0 Å². The van der Waals surface area contributed by atoms with Gasteiger partial charge in [0.15, 0.2) is 0 Å². The molecule has 0 radical (unpaired) electrons. The first-order valence-corrected chi connectivity index (χ1v) is 14.1. The number of hydrogen-bond acceptors (Lipinski definition) is 5. The molecule has 2 heterocycles. The average molecular weight is 554 g/mol. The van der Waals surface area contributed by atoms with Crippen LogP contribution in [-0.4, -0.2) is 55.6 Å². The molecule has 0 aromatic heterocycles. The van der Waals surface area contributed by atoms with Crippen LogP contribution in [0.1, 0.15) is 37.7 Å². The van der Waals surface area contributed by atoms with Gasteiger partial charge in [0.25, 0.3) is 0 Å². The van der Waals surface area contributed by atoms with Gasteiger partial charge in [-0.2, -0.15) is 4.31 Å². The van der Waals surface area contributed by atoms with Gasteiger partial charge in [0.1, 0.15) is 5.82 Å². The van der Waals surface area contributed by atoms with E-state index in [0.717, 1.165) is 17.7 Å². The minimum atomic E-state index is -3.85. The Hall–Kier alpha value is -2.04. The van der Waals surface area contributed by atoms with Gasteiger partial charge in [0, 0.05) is 49.7 Å². The van der Waals surface area contributed by atoms with Gasteiger partial charge < -0.3 is 0 Å². The zero-order valence-corrected chi connectivity index (χ0v) is 21.9. The fourth-order valence-electron chi connectivity index (χ4n) is 5.49. The van der Waals surface area contributed by atoms with E-state index in [1.807, 2.05) is 4.90 Å². The Morgan fingerprint density at radius 3 is 2.28 bits per heavy atom. The minimum Gasteiger partial charge on any atom is -0.296 e. The van der Waals surface area contributed by atoms with Crippen molar-refractivity contribution in [2.24, 2.45) is 5.41 Å². The number of carbonyl (C=O) groups excluding carboxylic acids is 2. The number of nitrogens with zero attached hydrogens (tertiary/aromatic N) is 3. The van der Waals surface area contributed by atoms with E-state index in [-0.39, 0.29) is 52.7 Å². The van der Waals surface area contributed by atoms with E-state index < -0.39 is 15.4 Å². The van der Waals surface area contributed by atoms with Gasteiger partial charge in [-0.05, 0) is 43.2 Å². The number of amides is 2. The average Bonchev–Trinajstić information content (AvgIpc) is 3.41. The molecule has 2 saturated heterocycles. The van der Waals surface area contributed by atoms with Crippen LogP contribution in [-0.2, 0) is 26.2 Å². The molecule has 7 nitrogen and oxygen atoms in total. The summed E-state index contributed by atoms with van der Waals surface area (Å²) in [6.45, 7) is 1.56. The molecule has 1 saturated carbocycles. The van der Waals surface area contributed by atoms with Crippen LogP contribution in [0.2, 0.25) is 10.0 Å². The molecule has 2 aromatic carbocycles. The minimum absolute atomic E-state index is 0.00322. The lowest BCUT2D eigenvalue weighted by Gasteiger charge is -2.34. The van der Waals surface area contributed by atoms with Gasteiger partial charge in [-0.3, -0.25) is 14.5 Å². The normalized spacial score (nSPS) is 21.1. The maximum Gasteiger partial charge on any atom is 0.243 e. The van der Waals surface area contributed by atoms with E-state index in [1.54, 1.807) is 12.1 Å². The van der Waals surface area contributed by atoms with Crippen LogP contribution in [0.25, 0.3) is 0 Å². The van der Waals surface area contributed by atoms with E-state index in [0.29, 0.717) is 43.1 Å². The Morgan fingerprint density at radius 2 is 1.64 bits per heavy atom. The highest BCUT2D eigenvalue weighted by Crippen LogP contribution is 2.49. The molecule has 2 aromatic rings. The number of imide groups is 1. The van der Waals surface area contributed by atoms with E-state index in [9.17, 15) is 22.4 Å². The van der Waals surface area contributed by atoms with Gasteiger partial charge in [-0.25, -0.2) is 17.7 Å². The van der Waals surface area contributed by atoms with Crippen LogP contribution >= 0.6 is 23.2 Å². The molecule has 1 aliphatic carbocycles. The number of hydrogen-bond donors (Lipinski definition) is 0. The number of piperazine rings is 1. The zero-order valence-electron chi connectivity index (χ0n) is 19.6. The Morgan fingerprint density at radius 1 is 0.944 bits per heavy atom. The second-order valence-electron chi connectivity index (χ2n) is 9.69. The summed E-state index contributed by atoms with van der Waals surface area (Å²) in [4.78, 5) is 28.9. The van der Waals surface area contributed by atoms with Crippen molar-refractivity contribution in [3.63, 3.8) is 0 Å². The van der Waals surface area contributed by atoms with Crippen molar-refractivity contribution in [2.75, 3.05) is 31.1 Å². The molecule has 36 heavy (non-hydrogen) atoms. The second kappa shape index (κ2) is 9.68. The highest BCUT2D eigenvalue weighted by molar-refractivity contribution is 7.89. The molecule has 0 unspecified atom stereocenters. The van der Waals surface area contributed by atoms with Crippen molar-refractivity contribution in [1.82, 2.24) is 9.21 Å². The molecule has 0 bridgehead atoms. The molecule has 192 valence electrons. The van der Waals surface area contributed by atoms with Crippen molar-refractivity contribution >= 4 is 50.7 Å². The van der Waals surface area contributed by atoms with Gasteiger partial charge in [-0.1, -0.05) is 42.1 Å². The lowest BCUT2D eigenvalue weighted by atomic mass is 9.84. The third kappa shape index (κ3) is 4.45. The third-order valence-electron chi connectivity index (χ3n) is 7.53. The molecule has 2 amide bonds. The van der Waals surface area contributed by atoms with Gasteiger partial charge >= 0.3 is 0 Å².